The van der Waals surface area contributed by atoms with Crippen LogP contribution < -0.4 is 14.8 Å². The molecular weight excluding hydrogens is 360 g/mol. The van der Waals surface area contributed by atoms with Crippen LogP contribution in [0.3, 0.4) is 0 Å². The summed E-state index contributed by atoms with van der Waals surface area (Å²) in [6.45, 7) is 0.664. The summed E-state index contributed by atoms with van der Waals surface area (Å²) in [4.78, 5) is 14.5. The zero-order valence-electron chi connectivity index (χ0n) is 14.0. The minimum absolute atomic E-state index is 0.111. The molecule has 3 rings (SSSR count). The SMILES string of the molecule is COc1ccc([C@H]2SCCN2C(=O)Nc2cccc(Cl)c2)c(OC)c1. The van der Waals surface area contributed by atoms with Crippen LogP contribution in [0, 0.1) is 0 Å². The van der Waals surface area contributed by atoms with E-state index in [0.717, 1.165) is 17.1 Å². The van der Waals surface area contributed by atoms with Crippen molar-refractivity contribution in [3.05, 3.63) is 53.1 Å². The topological polar surface area (TPSA) is 50.8 Å². The molecule has 1 saturated heterocycles. The molecule has 1 fully saturated rings. The van der Waals surface area contributed by atoms with E-state index in [-0.39, 0.29) is 11.4 Å². The van der Waals surface area contributed by atoms with Gasteiger partial charge in [0.1, 0.15) is 16.9 Å². The van der Waals surface area contributed by atoms with Crippen LogP contribution in [-0.2, 0) is 0 Å². The van der Waals surface area contributed by atoms with Gasteiger partial charge in [0, 0.05) is 34.6 Å². The molecule has 1 N–H and O–H groups in total. The van der Waals surface area contributed by atoms with Gasteiger partial charge in [0.15, 0.2) is 0 Å². The van der Waals surface area contributed by atoms with Crippen LogP contribution >= 0.6 is 23.4 Å². The highest BCUT2D eigenvalue weighted by Gasteiger charge is 2.32. The molecule has 0 saturated carbocycles. The number of carbonyl (C=O) groups excluding carboxylic acids is 1. The highest BCUT2D eigenvalue weighted by Crippen LogP contribution is 2.43. The number of halogens is 1. The van der Waals surface area contributed by atoms with Crippen molar-refractivity contribution in [2.75, 3.05) is 31.8 Å². The van der Waals surface area contributed by atoms with Gasteiger partial charge in [-0.1, -0.05) is 17.7 Å². The molecule has 2 aromatic rings. The van der Waals surface area contributed by atoms with Gasteiger partial charge in [-0.25, -0.2) is 4.79 Å². The Labute approximate surface area is 156 Å². The van der Waals surface area contributed by atoms with Crippen molar-refractivity contribution < 1.29 is 14.3 Å². The second-order valence-electron chi connectivity index (χ2n) is 5.46. The molecule has 0 unspecified atom stereocenters. The first kappa shape index (κ1) is 17.8. The van der Waals surface area contributed by atoms with Crippen LogP contribution in [0.2, 0.25) is 5.02 Å². The summed E-state index contributed by atoms with van der Waals surface area (Å²) < 4.78 is 10.7. The van der Waals surface area contributed by atoms with Gasteiger partial charge in [0.05, 0.1) is 14.2 Å². The molecule has 1 aliphatic rings. The minimum Gasteiger partial charge on any atom is -0.497 e. The summed E-state index contributed by atoms with van der Waals surface area (Å²) in [5.41, 5.74) is 1.63. The Morgan fingerprint density at radius 3 is 2.80 bits per heavy atom. The molecule has 0 spiro atoms. The number of thioether (sulfide) groups is 1. The number of amides is 2. The third kappa shape index (κ3) is 3.96. The van der Waals surface area contributed by atoms with Gasteiger partial charge in [0.25, 0.3) is 0 Å². The summed E-state index contributed by atoms with van der Waals surface area (Å²) in [7, 11) is 3.23. The normalized spacial score (nSPS) is 16.6. The number of ether oxygens (including phenoxy) is 2. The molecular formula is C18H19ClN2O3S. The Hall–Kier alpha value is -2.05. The van der Waals surface area contributed by atoms with E-state index in [1.54, 1.807) is 49.1 Å². The van der Waals surface area contributed by atoms with Crippen molar-refractivity contribution in [2.45, 2.75) is 5.37 Å². The Balaban J connectivity index is 1.81. The van der Waals surface area contributed by atoms with E-state index in [4.69, 9.17) is 21.1 Å². The lowest BCUT2D eigenvalue weighted by molar-refractivity contribution is 0.213. The molecule has 2 aromatic carbocycles. The van der Waals surface area contributed by atoms with Crippen molar-refractivity contribution in [1.82, 2.24) is 4.90 Å². The lowest BCUT2D eigenvalue weighted by Gasteiger charge is -2.26. The van der Waals surface area contributed by atoms with E-state index in [0.29, 0.717) is 23.0 Å². The number of hydrogen-bond acceptors (Lipinski definition) is 4. The average Bonchev–Trinajstić information content (AvgIpc) is 3.10. The average molecular weight is 379 g/mol. The molecule has 1 heterocycles. The first-order valence-electron chi connectivity index (χ1n) is 7.79. The third-order valence-electron chi connectivity index (χ3n) is 3.93. The van der Waals surface area contributed by atoms with Crippen LogP contribution in [0.15, 0.2) is 42.5 Å². The summed E-state index contributed by atoms with van der Waals surface area (Å²) in [5.74, 6) is 2.29. The van der Waals surface area contributed by atoms with Crippen LogP contribution in [0.4, 0.5) is 10.5 Å². The van der Waals surface area contributed by atoms with Crippen molar-refractivity contribution in [3.8, 4) is 11.5 Å². The van der Waals surface area contributed by atoms with E-state index in [1.165, 1.54) is 0 Å². The standard InChI is InChI=1S/C18H19ClN2O3S/c1-23-14-6-7-15(16(11-14)24-2)17-21(8-9-25-17)18(22)20-13-5-3-4-12(19)10-13/h3-7,10-11,17H,8-9H2,1-2H3,(H,20,22)/t17-/m1/s1. The Bertz CT molecular complexity index is 772. The van der Waals surface area contributed by atoms with E-state index < -0.39 is 0 Å². The second-order valence-corrected chi connectivity index (χ2v) is 7.09. The second kappa shape index (κ2) is 7.89. The lowest BCUT2D eigenvalue weighted by atomic mass is 10.1. The minimum atomic E-state index is -0.157. The first-order valence-corrected chi connectivity index (χ1v) is 9.22. The Kier molecular flexibility index (Phi) is 5.60. The first-order chi connectivity index (χ1) is 12.1. The van der Waals surface area contributed by atoms with Crippen LogP contribution in [0.1, 0.15) is 10.9 Å². The molecule has 2 amide bonds. The fourth-order valence-electron chi connectivity index (χ4n) is 2.72. The molecule has 0 radical (unpaired) electrons. The number of carbonyl (C=O) groups is 1. The predicted molar refractivity (Wildman–Crippen MR) is 102 cm³/mol. The quantitative estimate of drug-likeness (QED) is 0.842. The van der Waals surface area contributed by atoms with E-state index >= 15 is 0 Å². The molecule has 0 aromatic heterocycles. The van der Waals surface area contributed by atoms with Gasteiger partial charge in [-0.2, -0.15) is 0 Å². The van der Waals surface area contributed by atoms with E-state index in [9.17, 15) is 4.79 Å². The monoisotopic (exact) mass is 378 g/mol. The highest BCUT2D eigenvalue weighted by molar-refractivity contribution is 7.99. The molecule has 5 nitrogen and oxygen atoms in total. The number of hydrogen-bond donors (Lipinski definition) is 1. The summed E-state index contributed by atoms with van der Waals surface area (Å²) >= 11 is 7.69. The molecule has 1 atom stereocenters. The van der Waals surface area contributed by atoms with Gasteiger partial charge >= 0.3 is 6.03 Å². The maximum Gasteiger partial charge on any atom is 0.323 e. The van der Waals surface area contributed by atoms with Crippen molar-refractivity contribution >= 4 is 35.1 Å². The molecule has 132 valence electrons. The Morgan fingerprint density at radius 1 is 1.24 bits per heavy atom. The summed E-state index contributed by atoms with van der Waals surface area (Å²) in [6.07, 6.45) is 0. The number of urea groups is 1. The maximum absolute atomic E-state index is 12.7. The van der Waals surface area contributed by atoms with Crippen LogP contribution in [0.5, 0.6) is 11.5 Å². The summed E-state index contributed by atoms with van der Waals surface area (Å²) in [5, 5.41) is 3.38. The van der Waals surface area contributed by atoms with Gasteiger partial charge in [0.2, 0.25) is 0 Å². The molecule has 25 heavy (non-hydrogen) atoms. The van der Waals surface area contributed by atoms with Gasteiger partial charge in [-0.3, -0.25) is 0 Å². The van der Waals surface area contributed by atoms with E-state index in [2.05, 4.69) is 5.32 Å². The zero-order valence-corrected chi connectivity index (χ0v) is 15.6. The highest BCUT2D eigenvalue weighted by atomic mass is 35.5. The lowest BCUT2D eigenvalue weighted by Crippen LogP contribution is -2.34. The number of benzene rings is 2. The molecule has 1 aliphatic heterocycles. The van der Waals surface area contributed by atoms with Gasteiger partial charge < -0.3 is 19.7 Å². The van der Waals surface area contributed by atoms with Crippen LogP contribution in [-0.4, -0.2) is 37.4 Å². The van der Waals surface area contributed by atoms with Crippen molar-refractivity contribution in [3.63, 3.8) is 0 Å². The maximum atomic E-state index is 12.7. The fraction of sp³-hybridized carbons (Fsp3) is 0.278. The number of nitrogens with zero attached hydrogens (tertiary/aromatic N) is 1. The van der Waals surface area contributed by atoms with Crippen molar-refractivity contribution in [2.24, 2.45) is 0 Å². The third-order valence-corrected chi connectivity index (χ3v) is 5.41. The number of anilines is 1. The Morgan fingerprint density at radius 2 is 2.08 bits per heavy atom. The predicted octanol–water partition coefficient (Wildman–Crippen LogP) is 4.64. The number of methoxy groups -OCH3 is 2. The van der Waals surface area contributed by atoms with E-state index in [1.807, 2.05) is 24.3 Å². The molecule has 7 heteroatoms. The molecule has 0 aliphatic carbocycles. The zero-order chi connectivity index (χ0) is 17.8. The summed E-state index contributed by atoms with van der Waals surface area (Å²) in [6, 6.07) is 12.6. The number of rotatable bonds is 4. The molecule has 0 bridgehead atoms. The smallest absolute Gasteiger partial charge is 0.323 e. The number of nitrogens with one attached hydrogen (secondary N) is 1. The van der Waals surface area contributed by atoms with Gasteiger partial charge in [-0.05, 0) is 30.3 Å². The fourth-order valence-corrected chi connectivity index (χ4v) is 4.19. The van der Waals surface area contributed by atoms with Gasteiger partial charge in [-0.15, -0.1) is 11.8 Å². The van der Waals surface area contributed by atoms with Crippen molar-refractivity contribution in [1.29, 1.82) is 0 Å². The largest absolute Gasteiger partial charge is 0.497 e. The van der Waals surface area contributed by atoms with Crippen LogP contribution in [0.25, 0.3) is 0 Å².